The molecule has 0 atom stereocenters. The van der Waals surface area contributed by atoms with Crippen LogP contribution in [0.3, 0.4) is 0 Å². The van der Waals surface area contributed by atoms with E-state index in [4.69, 9.17) is 37.7 Å². The fourth-order valence-corrected chi connectivity index (χ4v) is 3.65. The van der Waals surface area contributed by atoms with Crippen molar-refractivity contribution < 1.29 is 9.47 Å². The van der Waals surface area contributed by atoms with Crippen LogP contribution in [0.1, 0.15) is 0 Å². The van der Waals surface area contributed by atoms with Gasteiger partial charge in [0, 0.05) is 26.6 Å². The first kappa shape index (κ1) is 18.6. The van der Waals surface area contributed by atoms with Crippen molar-refractivity contribution in [1.29, 1.82) is 0 Å². The van der Waals surface area contributed by atoms with Crippen LogP contribution in [-0.4, -0.2) is 19.2 Å². The molecule has 0 fully saturated rings. The standard InChI is InChI=1S/C23H17Cl2NO2/c1-27-22-10-7-14(11-23(22)28-2)21-13-17(16-5-3-4-6-19(16)25)18-12-15(24)8-9-20(18)26-21/h3-13H,1-2H3. The van der Waals surface area contributed by atoms with Crippen molar-refractivity contribution in [1.82, 2.24) is 4.98 Å². The predicted molar refractivity (Wildman–Crippen MR) is 116 cm³/mol. The molecule has 4 aromatic rings. The Morgan fingerprint density at radius 2 is 1.54 bits per heavy atom. The van der Waals surface area contributed by atoms with Crippen molar-refractivity contribution in [3.63, 3.8) is 0 Å². The largest absolute Gasteiger partial charge is 0.493 e. The number of hydrogen-bond acceptors (Lipinski definition) is 3. The van der Waals surface area contributed by atoms with Gasteiger partial charge >= 0.3 is 0 Å². The van der Waals surface area contributed by atoms with Crippen molar-refractivity contribution in [3.8, 4) is 33.9 Å². The van der Waals surface area contributed by atoms with E-state index in [-0.39, 0.29) is 0 Å². The van der Waals surface area contributed by atoms with E-state index in [1.165, 1.54) is 0 Å². The highest BCUT2D eigenvalue weighted by Crippen LogP contribution is 2.38. The van der Waals surface area contributed by atoms with Crippen LogP contribution in [0.4, 0.5) is 0 Å². The maximum absolute atomic E-state index is 6.49. The quantitative estimate of drug-likeness (QED) is 0.367. The Balaban J connectivity index is 1.99. The van der Waals surface area contributed by atoms with Gasteiger partial charge in [0.15, 0.2) is 11.5 Å². The second-order valence-electron chi connectivity index (χ2n) is 6.27. The SMILES string of the molecule is COc1ccc(-c2cc(-c3ccccc3Cl)c3cc(Cl)ccc3n2)cc1OC. The van der Waals surface area contributed by atoms with E-state index >= 15 is 0 Å². The summed E-state index contributed by atoms with van der Waals surface area (Å²) in [6.45, 7) is 0. The van der Waals surface area contributed by atoms with Crippen LogP contribution in [0.15, 0.2) is 66.7 Å². The highest BCUT2D eigenvalue weighted by atomic mass is 35.5. The summed E-state index contributed by atoms with van der Waals surface area (Å²) in [4.78, 5) is 4.84. The molecule has 0 unspecified atom stereocenters. The number of fused-ring (bicyclic) bond motifs is 1. The molecule has 0 N–H and O–H groups in total. The van der Waals surface area contributed by atoms with E-state index < -0.39 is 0 Å². The Morgan fingerprint density at radius 1 is 0.750 bits per heavy atom. The summed E-state index contributed by atoms with van der Waals surface area (Å²) < 4.78 is 10.8. The summed E-state index contributed by atoms with van der Waals surface area (Å²) in [5.74, 6) is 1.32. The number of rotatable bonds is 4. The lowest BCUT2D eigenvalue weighted by Gasteiger charge is -2.13. The van der Waals surface area contributed by atoms with Crippen molar-refractivity contribution in [2.75, 3.05) is 14.2 Å². The molecule has 0 aliphatic carbocycles. The van der Waals surface area contributed by atoms with Gasteiger partial charge in [0.05, 0.1) is 25.4 Å². The Morgan fingerprint density at radius 3 is 2.29 bits per heavy atom. The third-order valence-corrected chi connectivity index (χ3v) is 5.18. The lowest BCUT2D eigenvalue weighted by molar-refractivity contribution is 0.355. The summed E-state index contributed by atoms with van der Waals surface area (Å²) in [6, 6.07) is 21.2. The zero-order valence-corrected chi connectivity index (χ0v) is 16.9. The highest BCUT2D eigenvalue weighted by Gasteiger charge is 2.14. The third-order valence-electron chi connectivity index (χ3n) is 4.61. The van der Waals surface area contributed by atoms with Gasteiger partial charge in [0.2, 0.25) is 0 Å². The summed E-state index contributed by atoms with van der Waals surface area (Å²) in [5, 5.41) is 2.28. The van der Waals surface area contributed by atoms with Crippen LogP contribution >= 0.6 is 23.2 Å². The minimum atomic E-state index is 0.650. The van der Waals surface area contributed by atoms with Crippen LogP contribution in [-0.2, 0) is 0 Å². The summed E-state index contributed by atoms with van der Waals surface area (Å²) >= 11 is 12.8. The van der Waals surface area contributed by atoms with E-state index in [1.807, 2.05) is 66.7 Å². The molecule has 4 rings (SSSR count). The molecule has 0 aliphatic rings. The molecule has 5 heteroatoms. The van der Waals surface area contributed by atoms with Crippen molar-refractivity contribution in [2.24, 2.45) is 0 Å². The molecule has 0 amide bonds. The van der Waals surface area contributed by atoms with Crippen LogP contribution in [0.25, 0.3) is 33.3 Å². The average Bonchev–Trinajstić information content (AvgIpc) is 2.73. The number of pyridine rings is 1. The van der Waals surface area contributed by atoms with Crippen molar-refractivity contribution >= 4 is 34.1 Å². The Hall–Kier alpha value is -2.75. The zero-order chi connectivity index (χ0) is 19.7. The van der Waals surface area contributed by atoms with Gasteiger partial charge in [0.25, 0.3) is 0 Å². The number of aromatic nitrogens is 1. The maximum atomic E-state index is 6.49. The fourth-order valence-electron chi connectivity index (χ4n) is 3.24. The van der Waals surface area contributed by atoms with Gasteiger partial charge in [-0.2, -0.15) is 0 Å². The average molecular weight is 410 g/mol. The van der Waals surface area contributed by atoms with Gasteiger partial charge in [0.1, 0.15) is 0 Å². The molecule has 0 bridgehead atoms. The monoisotopic (exact) mass is 409 g/mol. The number of nitrogens with zero attached hydrogens (tertiary/aromatic N) is 1. The number of hydrogen-bond donors (Lipinski definition) is 0. The van der Waals surface area contributed by atoms with Gasteiger partial charge in [-0.1, -0.05) is 41.4 Å². The van der Waals surface area contributed by atoms with Gasteiger partial charge in [-0.15, -0.1) is 0 Å². The highest BCUT2D eigenvalue weighted by molar-refractivity contribution is 6.34. The third kappa shape index (κ3) is 3.39. The Bertz CT molecular complexity index is 1170. The van der Waals surface area contributed by atoms with E-state index in [2.05, 4.69) is 0 Å². The van der Waals surface area contributed by atoms with Gasteiger partial charge in [-0.25, -0.2) is 4.98 Å². The van der Waals surface area contributed by atoms with Crippen LogP contribution in [0.5, 0.6) is 11.5 Å². The van der Waals surface area contributed by atoms with Gasteiger partial charge in [-0.05, 0) is 54.1 Å². The molecule has 0 saturated carbocycles. The minimum absolute atomic E-state index is 0.650. The van der Waals surface area contributed by atoms with Crippen molar-refractivity contribution in [2.45, 2.75) is 0 Å². The van der Waals surface area contributed by atoms with Crippen LogP contribution in [0, 0.1) is 0 Å². The van der Waals surface area contributed by atoms with E-state index in [1.54, 1.807) is 14.2 Å². The molecule has 1 heterocycles. The van der Waals surface area contributed by atoms with E-state index in [0.29, 0.717) is 21.5 Å². The molecular formula is C23H17Cl2NO2. The topological polar surface area (TPSA) is 31.4 Å². The Labute approximate surface area is 173 Å². The first-order chi connectivity index (χ1) is 13.6. The summed E-state index contributed by atoms with van der Waals surface area (Å²) in [5.41, 5.74) is 4.48. The van der Waals surface area contributed by atoms with Crippen molar-refractivity contribution in [3.05, 3.63) is 76.8 Å². The maximum Gasteiger partial charge on any atom is 0.161 e. The molecule has 3 nitrogen and oxygen atoms in total. The first-order valence-corrected chi connectivity index (χ1v) is 9.44. The minimum Gasteiger partial charge on any atom is -0.493 e. The number of benzene rings is 3. The summed E-state index contributed by atoms with van der Waals surface area (Å²) in [6.07, 6.45) is 0. The zero-order valence-electron chi connectivity index (χ0n) is 15.4. The van der Waals surface area contributed by atoms with Gasteiger partial charge in [-0.3, -0.25) is 0 Å². The lowest BCUT2D eigenvalue weighted by Crippen LogP contribution is -1.93. The second kappa shape index (κ2) is 7.70. The smallest absolute Gasteiger partial charge is 0.161 e. The van der Waals surface area contributed by atoms with Crippen LogP contribution in [0.2, 0.25) is 10.0 Å². The Kier molecular flexibility index (Phi) is 5.12. The second-order valence-corrected chi connectivity index (χ2v) is 7.11. The lowest BCUT2D eigenvalue weighted by atomic mass is 9.98. The fraction of sp³-hybridized carbons (Fsp3) is 0.0870. The normalized spacial score (nSPS) is 10.9. The predicted octanol–water partition coefficient (Wildman–Crippen LogP) is 6.89. The molecule has 0 saturated heterocycles. The van der Waals surface area contributed by atoms with Gasteiger partial charge < -0.3 is 9.47 Å². The number of methoxy groups -OCH3 is 2. The molecule has 1 aromatic heterocycles. The number of ether oxygens (including phenoxy) is 2. The molecule has 28 heavy (non-hydrogen) atoms. The molecule has 3 aromatic carbocycles. The van der Waals surface area contributed by atoms with E-state index in [9.17, 15) is 0 Å². The molecule has 0 radical (unpaired) electrons. The number of halogens is 2. The molecule has 0 spiro atoms. The molecule has 0 aliphatic heterocycles. The molecule has 140 valence electrons. The summed E-state index contributed by atoms with van der Waals surface area (Å²) in [7, 11) is 3.23. The van der Waals surface area contributed by atoms with E-state index in [0.717, 1.165) is 33.3 Å². The molecular weight excluding hydrogens is 393 g/mol. The van der Waals surface area contributed by atoms with Crippen LogP contribution < -0.4 is 9.47 Å². The first-order valence-electron chi connectivity index (χ1n) is 8.68.